The lowest BCUT2D eigenvalue weighted by Gasteiger charge is -2.29. The van der Waals surface area contributed by atoms with E-state index in [0.29, 0.717) is 0 Å². The Hall–Kier alpha value is -1.02. The monoisotopic (exact) mass is 203 g/mol. The van der Waals surface area contributed by atoms with Gasteiger partial charge in [-0.05, 0) is 42.5 Å². The van der Waals surface area contributed by atoms with Crippen molar-refractivity contribution < 1.29 is 4.74 Å². The minimum atomic E-state index is 0.872. The van der Waals surface area contributed by atoms with E-state index in [9.17, 15) is 0 Å². The van der Waals surface area contributed by atoms with E-state index in [-0.39, 0.29) is 0 Å². The first kappa shape index (κ1) is 9.22. The van der Waals surface area contributed by atoms with Crippen LogP contribution in [-0.2, 0) is 17.6 Å². The summed E-state index contributed by atoms with van der Waals surface area (Å²) in [7, 11) is 0. The second kappa shape index (κ2) is 3.86. The molecule has 0 amide bonds. The number of fused-ring (bicyclic) bond motifs is 1. The molecule has 0 N–H and O–H groups in total. The van der Waals surface area contributed by atoms with Gasteiger partial charge in [0.25, 0.3) is 0 Å². The van der Waals surface area contributed by atoms with Crippen LogP contribution in [0, 0.1) is 0 Å². The van der Waals surface area contributed by atoms with Crippen LogP contribution in [-0.4, -0.2) is 26.3 Å². The summed E-state index contributed by atoms with van der Waals surface area (Å²) in [4.78, 5) is 2.43. The number of morpholine rings is 1. The molecule has 0 bridgehead atoms. The van der Waals surface area contributed by atoms with Crippen molar-refractivity contribution in [3.05, 3.63) is 29.3 Å². The molecule has 0 aromatic heterocycles. The third-order valence-corrected chi connectivity index (χ3v) is 3.46. The quantitative estimate of drug-likeness (QED) is 0.692. The fourth-order valence-corrected chi connectivity index (χ4v) is 2.58. The highest BCUT2D eigenvalue weighted by molar-refractivity contribution is 5.52. The molecular formula is C13H17NO. The van der Waals surface area contributed by atoms with Gasteiger partial charge in [-0.1, -0.05) is 6.07 Å². The van der Waals surface area contributed by atoms with Gasteiger partial charge in [0.15, 0.2) is 0 Å². The van der Waals surface area contributed by atoms with E-state index in [4.69, 9.17) is 4.74 Å². The Morgan fingerprint density at radius 3 is 2.67 bits per heavy atom. The minimum Gasteiger partial charge on any atom is -0.378 e. The summed E-state index contributed by atoms with van der Waals surface area (Å²) in [5.41, 5.74) is 4.52. The largest absolute Gasteiger partial charge is 0.378 e. The molecular weight excluding hydrogens is 186 g/mol. The summed E-state index contributed by atoms with van der Waals surface area (Å²) in [5.74, 6) is 0. The highest BCUT2D eigenvalue weighted by Gasteiger charge is 2.15. The molecule has 80 valence electrons. The van der Waals surface area contributed by atoms with Crippen molar-refractivity contribution in [2.45, 2.75) is 19.3 Å². The molecule has 2 heteroatoms. The highest BCUT2D eigenvalue weighted by atomic mass is 16.5. The summed E-state index contributed by atoms with van der Waals surface area (Å²) in [6, 6.07) is 6.97. The fourth-order valence-electron chi connectivity index (χ4n) is 2.58. The molecule has 1 heterocycles. The zero-order chi connectivity index (χ0) is 10.1. The molecule has 15 heavy (non-hydrogen) atoms. The Balaban J connectivity index is 1.85. The van der Waals surface area contributed by atoms with Gasteiger partial charge in [-0.15, -0.1) is 0 Å². The molecule has 1 aromatic rings. The van der Waals surface area contributed by atoms with Crippen LogP contribution >= 0.6 is 0 Å². The molecule has 0 spiro atoms. The van der Waals surface area contributed by atoms with E-state index in [1.54, 1.807) is 11.1 Å². The Labute approximate surface area is 90.8 Å². The van der Waals surface area contributed by atoms with Gasteiger partial charge in [-0.3, -0.25) is 0 Å². The predicted molar refractivity (Wildman–Crippen MR) is 61.5 cm³/mol. The van der Waals surface area contributed by atoms with E-state index in [1.807, 2.05) is 0 Å². The maximum absolute atomic E-state index is 5.37. The molecule has 1 fully saturated rings. The molecule has 0 saturated carbocycles. The molecule has 1 aliphatic heterocycles. The van der Waals surface area contributed by atoms with Gasteiger partial charge in [0.1, 0.15) is 0 Å². The molecule has 1 aliphatic carbocycles. The molecule has 2 nitrogen and oxygen atoms in total. The van der Waals surface area contributed by atoms with E-state index < -0.39 is 0 Å². The van der Waals surface area contributed by atoms with Gasteiger partial charge < -0.3 is 9.64 Å². The van der Waals surface area contributed by atoms with Crippen LogP contribution in [0.2, 0.25) is 0 Å². The van der Waals surface area contributed by atoms with Crippen molar-refractivity contribution in [3.8, 4) is 0 Å². The standard InChI is InChI=1S/C13H17NO/c1-2-11-4-5-13(10-12(11)3-1)14-6-8-15-9-7-14/h4-5,10H,1-3,6-9H2. The third-order valence-electron chi connectivity index (χ3n) is 3.46. The van der Waals surface area contributed by atoms with Crippen LogP contribution in [0.3, 0.4) is 0 Å². The number of ether oxygens (including phenoxy) is 1. The average molecular weight is 203 g/mol. The number of hydrogen-bond acceptors (Lipinski definition) is 2. The molecule has 1 saturated heterocycles. The summed E-state index contributed by atoms with van der Waals surface area (Å²) in [5, 5.41) is 0. The lowest BCUT2D eigenvalue weighted by atomic mass is 10.1. The van der Waals surface area contributed by atoms with Crippen LogP contribution in [0.25, 0.3) is 0 Å². The van der Waals surface area contributed by atoms with Crippen LogP contribution in [0.1, 0.15) is 17.5 Å². The summed E-state index contributed by atoms with van der Waals surface area (Å²) in [6.07, 6.45) is 3.88. The van der Waals surface area contributed by atoms with Crippen LogP contribution in [0.5, 0.6) is 0 Å². The lowest BCUT2D eigenvalue weighted by Crippen LogP contribution is -2.36. The SMILES string of the molecule is c1cc2c(cc1N1CCOCC1)CCC2. The van der Waals surface area contributed by atoms with Crippen LogP contribution < -0.4 is 4.90 Å². The summed E-state index contributed by atoms with van der Waals surface area (Å²) < 4.78 is 5.37. The summed E-state index contributed by atoms with van der Waals surface area (Å²) in [6.45, 7) is 3.83. The smallest absolute Gasteiger partial charge is 0.0642 e. The average Bonchev–Trinajstić information content (AvgIpc) is 2.77. The van der Waals surface area contributed by atoms with E-state index in [2.05, 4.69) is 23.1 Å². The molecule has 0 unspecified atom stereocenters. The van der Waals surface area contributed by atoms with Crippen LogP contribution in [0.4, 0.5) is 5.69 Å². The third kappa shape index (κ3) is 1.74. The topological polar surface area (TPSA) is 12.5 Å². The first-order chi connectivity index (χ1) is 7.43. The Bertz CT molecular complexity index is 356. The van der Waals surface area contributed by atoms with Gasteiger partial charge in [0.2, 0.25) is 0 Å². The Morgan fingerprint density at radius 2 is 1.80 bits per heavy atom. The van der Waals surface area contributed by atoms with Crippen molar-refractivity contribution in [2.24, 2.45) is 0 Å². The van der Waals surface area contributed by atoms with Crippen molar-refractivity contribution >= 4 is 5.69 Å². The van der Waals surface area contributed by atoms with Gasteiger partial charge in [0, 0.05) is 18.8 Å². The van der Waals surface area contributed by atoms with Crippen molar-refractivity contribution in [3.63, 3.8) is 0 Å². The zero-order valence-corrected chi connectivity index (χ0v) is 9.04. The molecule has 3 rings (SSSR count). The molecule has 0 radical (unpaired) electrons. The number of benzene rings is 1. The van der Waals surface area contributed by atoms with Gasteiger partial charge in [-0.25, -0.2) is 0 Å². The second-order valence-corrected chi connectivity index (χ2v) is 4.41. The van der Waals surface area contributed by atoms with Crippen LogP contribution in [0.15, 0.2) is 18.2 Å². The number of nitrogens with zero attached hydrogens (tertiary/aromatic N) is 1. The zero-order valence-electron chi connectivity index (χ0n) is 9.04. The Kier molecular flexibility index (Phi) is 2.37. The van der Waals surface area contributed by atoms with E-state index in [0.717, 1.165) is 26.3 Å². The number of hydrogen-bond donors (Lipinski definition) is 0. The Morgan fingerprint density at radius 1 is 1.00 bits per heavy atom. The fraction of sp³-hybridized carbons (Fsp3) is 0.538. The maximum atomic E-state index is 5.37. The van der Waals surface area contributed by atoms with Gasteiger partial charge >= 0.3 is 0 Å². The van der Waals surface area contributed by atoms with Crippen molar-refractivity contribution in [2.75, 3.05) is 31.2 Å². The predicted octanol–water partition coefficient (Wildman–Crippen LogP) is 2.01. The lowest BCUT2D eigenvalue weighted by molar-refractivity contribution is 0.122. The first-order valence-electron chi connectivity index (χ1n) is 5.88. The first-order valence-corrected chi connectivity index (χ1v) is 5.88. The van der Waals surface area contributed by atoms with Gasteiger partial charge in [0.05, 0.1) is 13.2 Å². The highest BCUT2D eigenvalue weighted by Crippen LogP contribution is 2.27. The number of anilines is 1. The normalized spacial score (nSPS) is 20.4. The summed E-state index contributed by atoms with van der Waals surface area (Å²) >= 11 is 0. The van der Waals surface area contributed by atoms with Crippen molar-refractivity contribution in [1.29, 1.82) is 0 Å². The number of rotatable bonds is 1. The maximum Gasteiger partial charge on any atom is 0.0642 e. The van der Waals surface area contributed by atoms with Gasteiger partial charge in [-0.2, -0.15) is 0 Å². The molecule has 2 aliphatic rings. The van der Waals surface area contributed by atoms with E-state index >= 15 is 0 Å². The molecule has 1 aromatic carbocycles. The van der Waals surface area contributed by atoms with E-state index in [1.165, 1.54) is 24.9 Å². The molecule has 0 atom stereocenters. The number of aryl methyl sites for hydroxylation is 2. The minimum absolute atomic E-state index is 0.872. The van der Waals surface area contributed by atoms with Crippen molar-refractivity contribution in [1.82, 2.24) is 0 Å². The second-order valence-electron chi connectivity index (χ2n) is 4.41.